The molecule has 3 rings (SSSR count). The van der Waals surface area contributed by atoms with Crippen LogP contribution in [0.5, 0.6) is 0 Å². The molecule has 172 valence electrons. The minimum Gasteiger partial charge on any atom is -0.357 e. The van der Waals surface area contributed by atoms with Gasteiger partial charge in [0.1, 0.15) is 0 Å². The van der Waals surface area contributed by atoms with E-state index in [4.69, 9.17) is 0 Å². The molecule has 1 saturated heterocycles. The highest BCUT2D eigenvalue weighted by molar-refractivity contribution is 5.80. The SMILES string of the molecule is CCNC(=NCCCC(=O)NC1CC1)NC1CCN(Cc2ccc(C(F)(F)F)cc2)C1. The van der Waals surface area contributed by atoms with Gasteiger partial charge in [-0.15, -0.1) is 0 Å². The first-order chi connectivity index (χ1) is 14.8. The first-order valence-corrected chi connectivity index (χ1v) is 11.1. The standard InChI is InChI=1S/C22H32F3N5O/c1-2-26-21(27-12-3-4-20(31)28-18-9-10-18)29-19-11-13-30(15-19)14-16-5-7-17(8-6-16)22(23,24)25/h5-8,18-19H,2-4,9-15H2,1H3,(H,28,31)(H2,26,27,29). The summed E-state index contributed by atoms with van der Waals surface area (Å²) in [5.41, 5.74) is 0.257. The maximum atomic E-state index is 12.7. The number of hydrogen-bond acceptors (Lipinski definition) is 3. The number of benzene rings is 1. The van der Waals surface area contributed by atoms with Gasteiger partial charge in [-0.3, -0.25) is 14.7 Å². The average molecular weight is 440 g/mol. The summed E-state index contributed by atoms with van der Waals surface area (Å²) in [6.45, 7) is 5.63. The van der Waals surface area contributed by atoms with Crippen LogP contribution in [0.15, 0.2) is 29.3 Å². The van der Waals surface area contributed by atoms with Gasteiger partial charge in [0, 0.05) is 51.2 Å². The lowest BCUT2D eigenvalue weighted by molar-refractivity contribution is -0.137. The number of likely N-dealkylation sites (tertiary alicyclic amines) is 1. The Hall–Kier alpha value is -2.29. The highest BCUT2D eigenvalue weighted by Gasteiger charge is 2.30. The summed E-state index contributed by atoms with van der Waals surface area (Å²) >= 11 is 0. The Morgan fingerprint density at radius 3 is 2.52 bits per heavy atom. The second-order valence-corrected chi connectivity index (χ2v) is 8.27. The lowest BCUT2D eigenvalue weighted by atomic mass is 10.1. The van der Waals surface area contributed by atoms with Crippen LogP contribution >= 0.6 is 0 Å². The number of nitrogens with zero attached hydrogens (tertiary/aromatic N) is 2. The van der Waals surface area contributed by atoms with Crippen LogP contribution in [-0.2, 0) is 17.5 Å². The van der Waals surface area contributed by atoms with E-state index in [0.29, 0.717) is 32.0 Å². The minimum atomic E-state index is -4.30. The van der Waals surface area contributed by atoms with Crippen molar-refractivity contribution in [1.82, 2.24) is 20.9 Å². The molecule has 0 bridgehead atoms. The topological polar surface area (TPSA) is 68.8 Å². The van der Waals surface area contributed by atoms with Gasteiger partial charge in [0.05, 0.1) is 5.56 Å². The number of alkyl halides is 3. The largest absolute Gasteiger partial charge is 0.416 e. The number of rotatable bonds is 9. The van der Waals surface area contributed by atoms with Crippen LogP contribution in [0.4, 0.5) is 13.2 Å². The van der Waals surface area contributed by atoms with Crippen LogP contribution in [0.25, 0.3) is 0 Å². The fourth-order valence-electron chi connectivity index (χ4n) is 3.62. The van der Waals surface area contributed by atoms with E-state index in [2.05, 4.69) is 25.8 Å². The number of halogens is 3. The molecular formula is C22H32F3N5O. The van der Waals surface area contributed by atoms with Crippen LogP contribution in [0, 0.1) is 0 Å². The van der Waals surface area contributed by atoms with Crippen molar-refractivity contribution in [3.63, 3.8) is 0 Å². The van der Waals surface area contributed by atoms with Crippen LogP contribution in [-0.4, -0.2) is 55.0 Å². The average Bonchev–Trinajstić information content (AvgIpc) is 3.42. The lowest BCUT2D eigenvalue weighted by Gasteiger charge is -2.19. The summed E-state index contributed by atoms with van der Waals surface area (Å²) in [4.78, 5) is 18.5. The summed E-state index contributed by atoms with van der Waals surface area (Å²) in [7, 11) is 0. The summed E-state index contributed by atoms with van der Waals surface area (Å²) in [6, 6.07) is 6.00. The Balaban J connectivity index is 1.41. The van der Waals surface area contributed by atoms with Crippen molar-refractivity contribution in [2.45, 2.75) is 63.8 Å². The molecule has 6 nitrogen and oxygen atoms in total. The number of hydrogen-bond donors (Lipinski definition) is 3. The molecule has 1 aromatic carbocycles. The maximum absolute atomic E-state index is 12.7. The molecule has 0 aromatic heterocycles. The fraction of sp³-hybridized carbons (Fsp3) is 0.636. The second kappa shape index (κ2) is 10.8. The molecule has 1 aliphatic carbocycles. The summed E-state index contributed by atoms with van der Waals surface area (Å²) in [5, 5.41) is 9.66. The highest BCUT2D eigenvalue weighted by atomic mass is 19.4. The summed E-state index contributed by atoms with van der Waals surface area (Å²) in [6.07, 6.45) is 0.0218. The maximum Gasteiger partial charge on any atom is 0.416 e. The Morgan fingerprint density at radius 2 is 1.87 bits per heavy atom. The van der Waals surface area contributed by atoms with E-state index in [1.54, 1.807) is 12.1 Å². The first-order valence-electron chi connectivity index (χ1n) is 11.1. The van der Waals surface area contributed by atoms with Crippen molar-refractivity contribution in [3.05, 3.63) is 35.4 Å². The van der Waals surface area contributed by atoms with Gasteiger partial charge >= 0.3 is 6.18 Å². The van der Waals surface area contributed by atoms with E-state index in [1.165, 1.54) is 0 Å². The van der Waals surface area contributed by atoms with Gasteiger partial charge < -0.3 is 16.0 Å². The predicted molar refractivity (Wildman–Crippen MR) is 115 cm³/mol. The third kappa shape index (κ3) is 8.05. The predicted octanol–water partition coefficient (Wildman–Crippen LogP) is 2.89. The quantitative estimate of drug-likeness (QED) is 0.314. The molecular weight excluding hydrogens is 407 g/mol. The molecule has 31 heavy (non-hydrogen) atoms. The van der Waals surface area contributed by atoms with E-state index >= 15 is 0 Å². The zero-order chi connectivity index (χ0) is 22.3. The van der Waals surface area contributed by atoms with Crippen molar-refractivity contribution < 1.29 is 18.0 Å². The normalized spacial score (nSPS) is 20.0. The molecule has 1 heterocycles. The molecule has 2 fully saturated rings. The van der Waals surface area contributed by atoms with Crippen molar-refractivity contribution in [2.24, 2.45) is 4.99 Å². The highest BCUT2D eigenvalue weighted by Crippen LogP contribution is 2.29. The second-order valence-electron chi connectivity index (χ2n) is 8.27. The van der Waals surface area contributed by atoms with Gasteiger partial charge in [0.2, 0.25) is 5.91 Å². The number of carbonyl (C=O) groups excluding carboxylic acids is 1. The van der Waals surface area contributed by atoms with Crippen LogP contribution in [0.1, 0.15) is 50.2 Å². The van der Waals surface area contributed by atoms with Crippen LogP contribution < -0.4 is 16.0 Å². The molecule has 1 amide bonds. The molecule has 3 N–H and O–H groups in total. The van der Waals surface area contributed by atoms with Gasteiger partial charge in [-0.25, -0.2) is 0 Å². The minimum absolute atomic E-state index is 0.102. The zero-order valence-corrected chi connectivity index (χ0v) is 18.0. The van der Waals surface area contributed by atoms with Gasteiger partial charge in [0.15, 0.2) is 5.96 Å². The summed E-state index contributed by atoms with van der Waals surface area (Å²) in [5.74, 6) is 0.844. The molecule has 2 aliphatic rings. The van der Waals surface area contributed by atoms with Crippen molar-refractivity contribution in [3.8, 4) is 0 Å². The Kier molecular flexibility index (Phi) is 8.17. The number of guanidine groups is 1. The van der Waals surface area contributed by atoms with Gasteiger partial charge in [0.25, 0.3) is 0 Å². The molecule has 1 atom stereocenters. The Labute approximate surface area is 181 Å². The van der Waals surface area contributed by atoms with Crippen molar-refractivity contribution in [2.75, 3.05) is 26.2 Å². The third-order valence-electron chi connectivity index (χ3n) is 5.42. The fourth-order valence-corrected chi connectivity index (χ4v) is 3.62. The van der Waals surface area contributed by atoms with E-state index in [-0.39, 0.29) is 11.9 Å². The molecule has 1 aliphatic heterocycles. The van der Waals surface area contributed by atoms with Gasteiger partial charge in [-0.05, 0) is 50.3 Å². The van der Waals surface area contributed by atoms with Crippen molar-refractivity contribution >= 4 is 11.9 Å². The molecule has 9 heteroatoms. The number of nitrogens with one attached hydrogen (secondary N) is 3. The number of amides is 1. The molecule has 1 unspecified atom stereocenters. The molecule has 0 radical (unpaired) electrons. The van der Waals surface area contributed by atoms with Gasteiger partial charge in [-0.1, -0.05) is 12.1 Å². The van der Waals surface area contributed by atoms with Gasteiger partial charge in [-0.2, -0.15) is 13.2 Å². The van der Waals surface area contributed by atoms with E-state index in [9.17, 15) is 18.0 Å². The smallest absolute Gasteiger partial charge is 0.357 e. The summed E-state index contributed by atoms with van der Waals surface area (Å²) < 4.78 is 38.1. The zero-order valence-electron chi connectivity index (χ0n) is 18.0. The monoisotopic (exact) mass is 439 g/mol. The molecule has 1 saturated carbocycles. The number of carbonyl (C=O) groups is 1. The Bertz CT molecular complexity index is 747. The first kappa shape index (κ1) is 23.4. The lowest BCUT2D eigenvalue weighted by Crippen LogP contribution is -2.44. The number of aliphatic imine (C=N–C) groups is 1. The van der Waals surface area contributed by atoms with E-state index < -0.39 is 11.7 Å². The van der Waals surface area contributed by atoms with E-state index in [0.717, 1.165) is 62.6 Å². The molecule has 0 spiro atoms. The van der Waals surface area contributed by atoms with Crippen LogP contribution in [0.2, 0.25) is 0 Å². The Morgan fingerprint density at radius 1 is 1.13 bits per heavy atom. The third-order valence-corrected chi connectivity index (χ3v) is 5.42. The molecule has 1 aromatic rings. The van der Waals surface area contributed by atoms with E-state index in [1.807, 2.05) is 6.92 Å². The van der Waals surface area contributed by atoms with Crippen LogP contribution in [0.3, 0.4) is 0 Å². The van der Waals surface area contributed by atoms with Crippen molar-refractivity contribution in [1.29, 1.82) is 0 Å².